The fourth-order valence-corrected chi connectivity index (χ4v) is 5.85. The molecule has 2 atom stereocenters. The maximum Gasteiger partial charge on any atom is 0.226 e. The average Bonchev–Trinajstić information content (AvgIpc) is 3.23. The average molecular weight is 526 g/mol. The molecule has 5 rings (SSSR count). The van der Waals surface area contributed by atoms with Crippen molar-refractivity contribution in [3.8, 4) is 0 Å². The number of hydrogen-bond acceptors (Lipinski definition) is 4. The molecule has 2 aliphatic rings. The van der Waals surface area contributed by atoms with Gasteiger partial charge in [-0.1, -0.05) is 36.4 Å². The van der Waals surface area contributed by atoms with E-state index >= 15 is 0 Å². The number of nitrogens with zero attached hydrogens (tertiary/aromatic N) is 3. The Kier molecular flexibility index (Phi) is 6.97. The van der Waals surface area contributed by atoms with Crippen molar-refractivity contribution in [3.05, 3.63) is 95.3 Å². The van der Waals surface area contributed by atoms with Gasteiger partial charge in [-0.05, 0) is 86.9 Å². The minimum Gasteiger partial charge on any atom is -0.366 e. The number of nitrogens with one attached hydrogen (secondary N) is 2. The maximum absolute atomic E-state index is 12.9. The molecule has 1 amide bonds. The molecule has 0 saturated carbocycles. The molecule has 196 valence electrons. The van der Waals surface area contributed by atoms with E-state index < -0.39 is 0 Å². The molecule has 1 fully saturated rings. The van der Waals surface area contributed by atoms with Crippen LogP contribution in [-0.4, -0.2) is 40.0 Å². The van der Waals surface area contributed by atoms with Crippen LogP contribution >= 0.6 is 12.2 Å². The molecular formula is C31H35N5OS. The van der Waals surface area contributed by atoms with Gasteiger partial charge in [-0.15, -0.1) is 0 Å². The van der Waals surface area contributed by atoms with Crippen LogP contribution in [0.5, 0.6) is 0 Å². The van der Waals surface area contributed by atoms with E-state index in [4.69, 9.17) is 12.2 Å². The normalized spacial score (nSPS) is 20.0. The molecule has 2 aromatic carbocycles. The second kappa shape index (κ2) is 10.2. The third-order valence-corrected chi connectivity index (χ3v) is 8.13. The zero-order valence-electron chi connectivity index (χ0n) is 22.7. The summed E-state index contributed by atoms with van der Waals surface area (Å²) < 4.78 is 0. The molecule has 1 aromatic heterocycles. The Morgan fingerprint density at radius 3 is 2.61 bits per heavy atom. The van der Waals surface area contributed by atoms with Gasteiger partial charge in [0.2, 0.25) is 5.91 Å². The lowest BCUT2D eigenvalue weighted by atomic mass is 9.86. The number of aromatic nitrogens is 1. The summed E-state index contributed by atoms with van der Waals surface area (Å²) in [6.07, 6.45) is 4.45. The molecule has 3 aromatic rings. The molecule has 38 heavy (non-hydrogen) atoms. The summed E-state index contributed by atoms with van der Waals surface area (Å²) in [5.41, 5.74) is 7.59. The zero-order valence-corrected chi connectivity index (χ0v) is 23.5. The van der Waals surface area contributed by atoms with Crippen molar-refractivity contribution < 1.29 is 4.79 Å². The molecule has 2 N–H and O–H groups in total. The quantitative estimate of drug-likeness (QED) is 0.384. The number of hydrogen-bond donors (Lipinski definition) is 2. The van der Waals surface area contributed by atoms with E-state index in [1.54, 1.807) is 0 Å². The number of likely N-dealkylation sites (N-methyl/N-ethyl adjacent to an activating group) is 1. The van der Waals surface area contributed by atoms with E-state index in [0.717, 1.165) is 22.5 Å². The Hall–Kier alpha value is -3.71. The first-order chi connectivity index (χ1) is 18.2. The lowest BCUT2D eigenvalue weighted by Gasteiger charge is -2.41. The number of fused-ring (bicyclic) bond motifs is 1. The highest BCUT2D eigenvalue weighted by molar-refractivity contribution is 7.80. The van der Waals surface area contributed by atoms with Crippen LogP contribution in [0.2, 0.25) is 0 Å². The summed E-state index contributed by atoms with van der Waals surface area (Å²) >= 11 is 5.83. The smallest absolute Gasteiger partial charge is 0.226 e. The van der Waals surface area contributed by atoms with Gasteiger partial charge in [-0.2, -0.15) is 0 Å². The van der Waals surface area contributed by atoms with Gasteiger partial charge in [0.25, 0.3) is 0 Å². The van der Waals surface area contributed by atoms with Crippen molar-refractivity contribution in [2.45, 2.75) is 51.7 Å². The molecule has 0 unspecified atom stereocenters. The standard InChI is InChI=1S/C31H35N5OS/c1-20-10-6-7-11-24(20)33-27(37)15-17-36-29(28(34-30(36)38)25-12-8-9-16-32-25)22-13-14-26-23(18-22)21(2)19-31(3,4)35(26)5/h6-14,16,18-19,28-29H,15,17H2,1-5H3,(H,33,37)(H,34,38)/t28-,29-/m1/s1. The Balaban J connectivity index is 1.46. The highest BCUT2D eigenvalue weighted by Crippen LogP contribution is 2.43. The van der Waals surface area contributed by atoms with Gasteiger partial charge in [0.15, 0.2) is 5.11 Å². The molecule has 2 aliphatic heterocycles. The SMILES string of the molecule is CC1=CC(C)(C)N(C)c2ccc([C@@H]3[C@@H](c4ccccn4)NC(=S)N3CCC(=O)Nc3ccccc3C)cc21. The summed E-state index contributed by atoms with van der Waals surface area (Å²) in [5, 5.41) is 7.19. The summed E-state index contributed by atoms with van der Waals surface area (Å²) in [4.78, 5) is 22.0. The maximum atomic E-state index is 12.9. The van der Waals surface area contributed by atoms with Crippen molar-refractivity contribution in [1.82, 2.24) is 15.2 Å². The van der Waals surface area contributed by atoms with Crippen LogP contribution in [0.25, 0.3) is 5.57 Å². The Bertz CT molecular complexity index is 1400. The minimum atomic E-state index is -0.122. The van der Waals surface area contributed by atoms with Crippen LogP contribution in [0.3, 0.4) is 0 Å². The predicted octanol–water partition coefficient (Wildman–Crippen LogP) is 6.02. The number of aryl methyl sites for hydroxylation is 1. The molecule has 7 heteroatoms. The molecular weight excluding hydrogens is 490 g/mol. The number of para-hydroxylation sites is 1. The van der Waals surface area contributed by atoms with Crippen molar-refractivity contribution in [2.24, 2.45) is 0 Å². The van der Waals surface area contributed by atoms with E-state index in [0.29, 0.717) is 18.1 Å². The number of thiocarbonyl (C=S) groups is 1. The van der Waals surface area contributed by atoms with E-state index in [9.17, 15) is 4.79 Å². The largest absolute Gasteiger partial charge is 0.366 e. The molecule has 0 aliphatic carbocycles. The molecule has 6 nitrogen and oxygen atoms in total. The first kappa shape index (κ1) is 25.9. The summed E-state index contributed by atoms with van der Waals surface area (Å²) in [6.45, 7) is 9.13. The topological polar surface area (TPSA) is 60.5 Å². The Morgan fingerprint density at radius 2 is 1.87 bits per heavy atom. The number of amides is 1. The van der Waals surface area contributed by atoms with Gasteiger partial charge in [-0.3, -0.25) is 9.78 Å². The van der Waals surface area contributed by atoms with Crippen LogP contribution in [0.1, 0.15) is 61.7 Å². The summed E-state index contributed by atoms with van der Waals surface area (Å²) in [6, 6.07) is 20.2. The van der Waals surface area contributed by atoms with Crippen molar-refractivity contribution in [3.63, 3.8) is 0 Å². The van der Waals surface area contributed by atoms with Gasteiger partial charge in [0, 0.05) is 43.1 Å². The van der Waals surface area contributed by atoms with E-state index in [1.807, 2.05) is 55.6 Å². The van der Waals surface area contributed by atoms with Crippen LogP contribution in [-0.2, 0) is 4.79 Å². The van der Waals surface area contributed by atoms with Crippen LogP contribution < -0.4 is 15.5 Å². The van der Waals surface area contributed by atoms with Gasteiger partial charge >= 0.3 is 0 Å². The van der Waals surface area contributed by atoms with Crippen molar-refractivity contribution >= 4 is 40.2 Å². The Morgan fingerprint density at radius 1 is 1.11 bits per heavy atom. The number of anilines is 2. The first-order valence-electron chi connectivity index (χ1n) is 13.1. The lowest BCUT2D eigenvalue weighted by molar-refractivity contribution is -0.116. The van der Waals surface area contributed by atoms with Crippen molar-refractivity contribution in [1.29, 1.82) is 0 Å². The van der Waals surface area contributed by atoms with Gasteiger partial charge < -0.3 is 20.4 Å². The molecule has 1 saturated heterocycles. The number of rotatable bonds is 6. The van der Waals surface area contributed by atoms with Gasteiger partial charge in [0.05, 0.1) is 23.3 Å². The zero-order chi connectivity index (χ0) is 27.0. The number of carbonyl (C=O) groups is 1. The second-order valence-electron chi connectivity index (χ2n) is 10.7. The fraction of sp³-hybridized carbons (Fsp3) is 0.323. The number of pyridine rings is 1. The van der Waals surface area contributed by atoms with E-state index in [2.05, 4.69) is 77.5 Å². The summed E-state index contributed by atoms with van der Waals surface area (Å²) in [5.74, 6) is -0.0322. The van der Waals surface area contributed by atoms with E-state index in [1.165, 1.54) is 16.8 Å². The number of allylic oxidation sites excluding steroid dienone is 1. The minimum absolute atomic E-state index is 0.0322. The van der Waals surface area contributed by atoms with E-state index in [-0.39, 0.29) is 23.5 Å². The third kappa shape index (κ3) is 4.90. The van der Waals surface area contributed by atoms with Gasteiger partial charge in [0.1, 0.15) is 0 Å². The van der Waals surface area contributed by atoms with Crippen LogP contribution in [0.15, 0.2) is 72.9 Å². The summed E-state index contributed by atoms with van der Waals surface area (Å²) in [7, 11) is 2.14. The number of benzene rings is 2. The molecule has 0 spiro atoms. The first-order valence-corrected chi connectivity index (χ1v) is 13.5. The highest BCUT2D eigenvalue weighted by Gasteiger charge is 2.40. The monoisotopic (exact) mass is 525 g/mol. The number of carbonyl (C=O) groups excluding carboxylic acids is 1. The third-order valence-electron chi connectivity index (χ3n) is 7.78. The second-order valence-corrected chi connectivity index (χ2v) is 11.1. The van der Waals surface area contributed by atoms with Crippen LogP contribution in [0.4, 0.5) is 11.4 Å². The molecule has 0 radical (unpaired) electrons. The molecule has 0 bridgehead atoms. The molecule has 3 heterocycles. The van der Waals surface area contributed by atoms with Gasteiger partial charge in [-0.25, -0.2) is 0 Å². The fourth-order valence-electron chi connectivity index (χ4n) is 5.52. The lowest BCUT2D eigenvalue weighted by Crippen LogP contribution is -2.42. The van der Waals surface area contributed by atoms with Crippen molar-refractivity contribution in [2.75, 3.05) is 23.8 Å². The predicted molar refractivity (Wildman–Crippen MR) is 159 cm³/mol. The highest BCUT2D eigenvalue weighted by atomic mass is 32.1. The Labute approximate surface area is 230 Å². The van der Waals surface area contributed by atoms with Crippen LogP contribution in [0, 0.1) is 6.92 Å².